The molecule has 0 unspecified atom stereocenters. The summed E-state index contributed by atoms with van der Waals surface area (Å²) < 4.78 is 15.7. The van der Waals surface area contributed by atoms with Crippen molar-refractivity contribution in [2.24, 2.45) is 0 Å². The highest BCUT2D eigenvalue weighted by atomic mass is 16.5. The van der Waals surface area contributed by atoms with Crippen molar-refractivity contribution in [2.75, 3.05) is 21.3 Å². The highest BCUT2D eigenvalue weighted by molar-refractivity contribution is 5.61. The fraction of sp³-hybridized carbons (Fsp3) is 0.333. The minimum atomic E-state index is 0.619. The topological polar surface area (TPSA) is 27.7 Å². The zero-order valence-corrected chi connectivity index (χ0v) is 9.53. The van der Waals surface area contributed by atoms with Gasteiger partial charge < -0.3 is 14.2 Å². The van der Waals surface area contributed by atoms with Crippen LogP contribution in [0.3, 0.4) is 0 Å². The molecule has 0 spiro atoms. The van der Waals surface area contributed by atoms with Crippen molar-refractivity contribution in [3.05, 3.63) is 23.8 Å². The Balaban J connectivity index is 3.28. The fourth-order valence-corrected chi connectivity index (χ4v) is 1.39. The smallest absolute Gasteiger partial charge is 0.203 e. The molecule has 0 atom stereocenters. The molecule has 1 rings (SSSR count). The Morgan fingerprint density at radius 1 is 0.933 bits per heavy atom. The number of methoxy groups -OCH3 is 3. The second-order valence-electron chi connectivity index (χ2n) is 2.96. The number of hydrogen-bond acceptors (Lipinski definition) is 3. The molecule has 0 bridgehead atoms. The van der Waals surface area contributed by atoms with Crippen LogP contribution in [-0.2, 0) is 0 Å². The number of benzene rings is 1. The third-order valence-electron chi connectivity index (χ3n) is 2.05. The third-order valence-corrected chi connectivity index (χ3v) is 2.05. The molecule has 82 valence electrons. The number of rotatable bonds is 4. The fourth-order valence-electron chi connectivity index (χ4n) is 1.39. The molecule has 1 aromatic carbocycles. The van der Waals surface area contributed by atoms with Gasteiger partial charge >= 0.3 is 0 Å². The zero-order chi connectivity index (χ0) is 11.3. The summed E-state index contributed by atoms with van der Waals surface area (Å²) in [5.41, 5.74) is 1.02. The summed E-state index contributed by atoms with van der Waals surface area (Å²) in [5, 5.41) is 0. The Hall–Kier alpha value is -1.64. The molecule has 0 aromatic heterocycles. The van der Waals surface area contributed by atoms with Crippen LogP contribution in [0, 0.1) is 0 Å². The Bertz CT molecular complexity index is 331. The minimum Gasteiger partial charge on any atom is -0.493 e. The SMILES string of the molecule is C/C=C/c1cc(OC)c(OC)c(OC)c1. The van der Waals surface area contributed by atoms with Gasteiger partial charge in [0.25, 0.3) is 0 Å². The molecule has 1 aromatic rings. The van der Waals surface area contributed by atoms with Crippen LogP contribution in [0.2, 0.25) is 0 Å². The summed E-state index contributed by atoms with van der Waals surface area (Å²) in [6.07, 6.45) is 3.94. The molecule has 0 radical (unpaired) electrons. The monoisotopic (exact) mass is 208 g/mol. The van der Waals surface area contributed by atoms with Crippen LogP contribution in [0.15, 0.2) is 18.2 Å². The predicted molar refractivity (Wildman–Crippen MR) is 60.8 cm³/mol. The largest absolute Gasteiger partial charge is 0.493 e. The van der Waals surface area contributed by atoms with Crippen molar-refractivity contribution in [1.29, 1.82) is 0 Å². The van der Waals surface area contributed by atoms with Crippen LogP contribution in [0.1, 0.15) is 12.5 Å². The van der Waals surface area contributed by atoms with Gasteiger partial charge in [0.05, 0.1) is 21.3 Å². The van der Waals surface area contributed by atoms with E-state index >= 15 is 0 Å². The molecular weight excluding hydrogens is 192 g/mol. The second kappa shape index (κ2) is 5.29. The molecule has 0 aliphatic carbocycles. The summed E-state index contributed by atoms with van der Waals surface area (Å²) in [5.74, 6) is 1.96. The molecule has 0 amide bonds. The highest BCUT2D eigenvalue weighted by Crippen LogP contribution is 2.38. The predicted octanol–water partition coefficient (Wildman–Crippen LogP) is 2.75. The first-order valence-electron chi connectivity index (χ1n) is 4.69. The summed E-state index contributed by atoms with van der Waals surface area (Å²) in [4.78, 5) is 0. The molecule has 0 aliphatic rings. The van der Waals surface area contributed by atoms with E-state index in [4.69, 9.17) is 14.2 Å². The van der Waals surface area contributed by atoms with Gasteiger partial charge in [0, 0.05) is 0 Å². The van der Waals surface area contributed by atoms with E-state index in [2.05, 4.69) is 0 Å². The van der Waals surface area contributed by atoms with Crippen molar-refractivity contribution in [3.63, 3.8) is 0 Å². The van der Waals surface area contributed by atoms with E-state index in [1.807, 2.05) is 31.2 Å². The van der Waals surface area contributed by atoms with Crippen molar-refractivity contribution in [2.45, 2.75) is 6.92 Å². The minimum absolute atomic E-state index is 0.619. The average Bonchev–Trinajstić information content (AvgIpc) is 2.28. The lowest BCUT2D eigenvalue weighted by Crippen LogP contribution is -1.95. The van der Waals surface area contributed by atoms with Crippen LogP contribution in [-0.4, -0.2) is 21.3 Å². The molecule has 0 heterocycles. The maximum absolute atomic E-state index is 5.23. The van der Waals surface area contributed by atoms with E-state index in [1.165, 1.54) is 0 Å². The van der Waals surface area contributed by atoms with Crippen LogP contribution in [0.4, 0.5) is 0 Å². The van der Waals surface area contributed by atoms with Crippen LogP contribution in [0.5, 0.6) is 17.2 Å². The van der Waals surface area contributed by atoms with Crippen molar-refractivity contribution < 1.29 is 14.2 Å². The van der Waals surface area contributed by atoms with Crippen LogP contribution < -0.4 is 14.2 Å². The lowest BCUT2D eigenvalue weighted by atomic mass is 10.1. The standard InChI is InChI=1S/C12H16O3/c1-5-6-9-7-10(13-2)12(15-4)11(8-9)14-3/h5-8H,1-4H3/b6-5+. The molecule has 3 heteroatoms. The zero-order valence-electron chi connectivity index (χ0n) is 9.53. The van der Waals surface area contributed by atoms with Crippen LogP contribution >= 0.6 is 0 Å². The molecule has 0 saturated heterocycles. The quantitative estimate of drug-likeness (QED) is 0.761. The Labute approximate surface area is 90.3 Å². The van der Waals surface area contributed by atoms with Gasteiger partial charge in [0.15, 0.2) is 11.5 Å². The number of allylic oxidation sites excluding steroid dienone is 1. The first kappa shape index (κ1) is 11.4. The second-order valence-corrected chi connectivity index (χ2v) is 2.96. The Kier molecular flexibility index (Phi) is 4.03. The van der Waals surface area contributed by atoms with E-state index in [-0.39, 0.29) is 0 Å². The van der Waals surface area contributed by atoms with Crippen molar-refractivity contribution in [1.82, 2.24) is 0 Å². The maximum Gasteiger partial charge on any atom is 0.203 e. The van der Waals surface area contributed by atoms with E-state index in [1.54, 1.807) is 21.3 Å². The first-order valence-corrected chi connectivity index (χ1v) is 4.69. The third kappa shape index (κ3) is 2.43. The van der Waals surface area contributed by atoms with Gasteiger partial charge in [-0.3, -0.25) is 0 Å². The van der Waals surface area contributed by atoms with Gasteiger partial charge in [0.1, 0.15) is 0 Å². The number of ether oxygens (including phenoxy) is 3. The van der Waals surface area contributed by atoms with E-state index in [0.29, 0.717) is 17.2 Å². The van der Waals surface area contributed by atoms with E-state index in [9.17, 15) is 0 Å². The lowest BCUT2D eigenvalue weighted by molar-refractivity contribution is 0.324. The van der Waals surface area contributed by atoms with Gasteiger partial charge in [0.2, 0.25) is 5.75 Å². The van der Waals surface area contributed by atoms with Crippen molar-refractivity contribution >= 4 is 6.08 Å². The molecule has 0 saturated carbocycles. The van der Waals surface area contributed by atoms with Gasteiger partial charge in [-0.2, -0.15) is 0 Å². The van der Waals surface area contributed by atoms with E-state index in [0.717, 1.165) is 5.56 Å². The summed E-state index contributed by atoms with van der Waals surface area (Å²) in [6, 6.07) is 3.81. The molecule has 15 heavy (non-hydrogen) atoms. The molecule has 0 N–H and O–H groups in total. The number of hydrogen-bond donors (Lipinski definition) is 0. The lowest BCUT2D eigenvalue weighted by Gasteiger charge is -2.12. The molecule has 3 nitrogen and oxygen atoms in total. The Morgan fingerprint density at radius 2 is 1.47 bits per heavy atom. The molecule has 0 fully saturated rings. The van der Waals surface area contributed by atoms with Gasteiger partial charge in [-0.1, -0.05) is 12.2 Å². The summed E-state index contributed by atoms with van der Waals surface area (Å²) in [7, 11) is 4.81. The molecular formula is C12H16O3. The van der Waals surface area contributed by atoms with Crippen molar-refractivity contribution in [3.8, 4) is 17.2 Å². The van der Waals surface area contributed by atoms with Gasteiger partial charge in [-0.05, 0) is 24.6 Å². The van der Waals surface area contributed by atoms with E-state index < -0.39 is 0 Å². The normalized spacial score (nSPS) is 10.4. The Morgan fingerprint density at radius 3 is 1.80 bits per heavy atom. The van der Waals surface area contributed by atoms with Gasteiger partial charge in [-0.25, -0.2) is 0 Å². The molecule has 0 aliphatic heterocycles. The summed E-state index contributed by atoms with van der Waals surface area (Å²) >= 11 is 0. The highest BCUT2D eigenvalue weighted by Gasteiger charge is 2.11. The average molecular weight is 208 g/mol. The maximum atomic E-state index is 5.23. The van der Waals surface area contributed by atoms with Gasteiger partial charge in [-0.15, -0.1) is 0 Å². The summed E-state index contributed by atoms with van der Waals surface area (Å²) in [6.45, 7) is 1.96. The first-order chi connectivity index (χ1) is 7.26. The van der Waals surface area contributed by atoms with Crippen LogP contribution in [0.25, 0.3) is 6.08 Å².